The first kappa shape index (κ1) is 12.9. The van der Waals surface area contributed by atoms with Crippen molar-refractivity contribution in [2.45, 2.75) is 6.36 Å². The standard InChI is InChI=1S/C7H5ClF3NO3S/c8-16(13,14)12-5-2-1-3-6(4-5)15-7(9,10)11/h1-4,12H. The Labute approximate surface area is 93.5 Å². The van der Waals surface area contributed by atoms with Crippen LogP contribution in [-0.2, 0) is 9.24 Å². The molecule has 0 saturated carbocycles. The summed E-state index contributed by atoms with van der Waals surface area (Å²) in [5.41, 5.74) is -0.128. The van der Waals surface area contributed by atoms with Gasteiger partial charge in [-0.25, -0.2) is 0 Å². The van der Waals surface area contributed by atoms with E-state index in [1.54, 1.807) is 4.72 Å². The summed E-state index contributed by atoms with van der Waals surface area (Å²) in [6, 6.07) is 4.29. The van der Waals surface area contributed by atoms with Gasteiger partial charge in [-0.1, -0.05) is 6.07 Å². The summed E-state index contributed by atoms with van der Waals surface area (Å²) in [7, 11) is 0.799. The molecular weight excluding hydrogens is 271 g/mol. The number of alkyl halides is 3. The van der Waals surface area contributed by atoms with Crippen LogP contribution in [0.2, 0.25) is 0 Å². The van der Waals surface area contributed by atoms with Crippen LogP contribution in [0.15, 0.2) is 24.3 Å². The minimum Gasteiger partial charge on any atom is -0.406 e. The predicted molar refractivity (Wildman–Crippen MR) is 51.5 cm³/mol. The van der Waals surface area contributed by atoms with Crippen molar-refractivity contribution in [3.8, 4) is 5.75 Å². The lowest BCUT2D eigenvalue weighted by Crippen LogP contribution is -2.17. The number of nitrogens with one attached hydrogen (secondary N) is 1. The van der Waals surface area contributed by atoms with Crippen LogP contribution in [0.4, 0.5) is 18.9 Å². The topological polar surface area (TPSA) is 55.4 Å². The summed E-state index contributed by atoms with van der Waals surface area (Å²) < 4.78 is 62.0. The molecule has 0 atom stereocenters. The first-order valence-electron chi connectivity index (χ1n) is 3.74. The number of rotatable bonds is 3. The summed E-state index contributed by atoms with van der Waals surface area (Å²) >= 11 is 0. The van der Waals surface area contributed by atoms with Crippen molar-refractivity contribution < 1.29 is 26.3 Å². The van der Waals surface area contributed by atoms with Gasteiger partial charge >= 0.3 is 15.6 Å². The van der Waals surface area contributed by atoms with Crippen LogP contribution in [0.5, 0.6) is 5.75 Å². The minimum atomic E-state index is -4.83. The molecule has 0 spiro atoms. The van der Waals surface area contributed by atoms with Crippen molar-refractivity contribution in [1.29, 1.82) is 0 Å². The Hall–Kier alpha value is -1.15. The fourth-order valence-electron chi connectivity index (χ4n) is 0.897. The summed E-state index contributed by atoms with van der Waals surface area (Å²) in [5, 5.41) is 0. The third kappa shape index (κ3) is 5.08. The van der Waals surface area contributed by atoms with Crippen LogP contribution in [0.1, 0.15) is 0 Å². The molecule has 0 heterocycles. The summed E-state index contributed by atoms with van der Waals surface area (Å²) in [5.74, 6) is -0.544. The van der Waals surface area contributed by atoms with Crippen molar-refractivity contribution in [2.75, 3.05) is 4.72 Å². The first-order valence-corrected chi connectivity index (χ1v) is 6.05. The smallest absolute Gasteiger partial charge is 0.406 e. The molecule has 9 heteroatoms. The van der Waals surface area contributed by atoms with Crippen LogP contribution >= 0.6 is 10.7 Å². The molecule has 90 valence electrons. The lowest BCUT2D eigenvalue weighted by molar-refractivity contribution is -0.274. The molecule has 0 fully saturated rings. The van der Waals surface area contributed by atoms with Crippen LogP contribution < -0.4 is 9.46 Å². The van der Waals surface area contributed by atoms with E-state index in [0.29, 0.717) is 0 Å². The van der Waals surface area contributed by atoms with E-state index in [4.69, 9.17) is 10.7 Å². The van der Waals surface area contributed by atoms with Gasteiger partial charge in [0.1, 0.15) is 5.75 Å². The molecule has 4 nitrogen and oxygen atoms in total. The highest BCUT2D eigenvalue weighted by Gasteiger charge is 2.31. The second-order valence-corrected chi connectivity index (χ2v) is 4.91. The Morgan fingerprint density at radius 3 is 2.44 bits per heavy atom. The highest BCUT2D eigenvalue weighted by atomic mass is 35.7. The second kappa shape index (κ2) is 4.38. The van der Waals surface area contributed by atoms with E-state index in [0.717, 1.165) is 12.1 Å². The van der Waals surface area contributed by atoms with E-state index in [1.807, 2.05) is 0 Å². The Morgan fingerprint density at radius 1 is 1.31 bits per heavy atom. The molecule has 0 aliphatic carbocycles. The number of halogens is 4. The normalized spacial score (nSPS) is 12.2. The average Bonchev–Trinajstić information content (AvgIpc) is 1.96. The minimum absolute atomic E-state index is 0.128. The second-order valence-electron chi connectivity index (χ2n) is 2.62. The zero-order valence-electron chi connectivity index (χ0n) is 7.45. The Balaban J connectivity index is 2.88. The van der Waals surface area contributed by atoms with Gasteiger partial charge in [0.15, 0.2) is 0 Å². The van der Waals surface area contributed by atoms with Crippen molar-refractivity contribution in [2.24, 2.45) is 0 Å². The van der Waals surface area contributed by atoms with Crippen LogP contribution in [0.3, 0.4) is 0 Å². The Bertz CT molecular complexity index is 474. The SMILES string of the molecule is O=S(=O)(Cl)Nc1cccc(OC(F)(F)F)c1. The average molecular weight is 276 g/mol. The fourth-order valence-corrected chi connectivity index (χ4v) is 1.57. The van der Waals surface area contributed by atoms with Gasteiger partial charge in [-0.05, 0) is 12.1 Å². The van der Waals surface area contributed by atoms with Gasteiger partial charge in [-0.3, -0.25) is 4.72 Å². The van der Waals surface area contributed by atoms with Gasteiger partial charge in [-0.2, -0.15) is 8.42 Å². The molecule has 1 rings (SSSR count). The molecule has 0 aliphatic rings. The van der Waals surface area contributed by atoms with E-state index in [-0.39, 0.29) is 5.69 Å². The largest absolute Gasteiger partial charge is 0.573 e. The third-order valence-electron chi connectivity index (χ3n) is 1.31. The lowest BCUT2D eigenvalue weighted by Gasteiger charge is -2.09. The molecule has 0 aromatic heterocycles. The molecule has 0 saturated heterocycles. The third-order valence-corrected chi connectivity index (χ3v) is 2.02. The molecule has 1 aromatic carbocycles. The molecule has 1 N–H and O–H groups in total. The van der Waals surface area contributed by atoms with Gasteiger partial charge in [0.05, 0.1) is 5.69 Å². The van der Waals surface area contributed by atoms with Crippen LogP contribution in [-0.4, -0.2) is 14.8 Å². The van der Waals surface area contributed by atoms with Gasteiger partial charge in [-0.15, -0.1) is 13.2 Å². The zero-order valence-corrected chi connectivity index (χ0v) is 9.03. The highest BCUT2D eigenvalue weighted by Crippen LogP contribution is 2.25. The highest BCUT2D eigenvalue weighted by molar-refractivity contribution is 8.14. The Morgan fingerprint density at radius 2 is 1.94 bits per heavy atom. The van der Waals surface area contributed by atoms with Gasteiger partial charge in [0.25, 0.3) is 0 Å². The van der Waals surface area contributed by atoms with Gasteiger partial charge in [0, 0.05) is 16.7 Å². The molecule has 0 unspecified atom stereocenters. The summed E-state index contributed by atoms with van der Waals surface area (Å²) in [6.07, 6.45) is -4.83. The fraction of sp³-hybridized carbons (Fsp3) is 0.143. The maximum atomic E-state index is 11.8. The van der Waals surface area contributed by atoms with Gasteiger partial charge < -0.3 is 4.74 Å². The summed E-state index contributed by atoms with van der Waals surface area (Å²) in [6.45, 7) is 0. The van der Waals surface area contributed by atoms with Crippen molar-refractivity contribution >= 4 is 25.6 Å². The first-order chi connectivity index (χ1) is 7.16. The van der Waals surface area contributed by atoms with E-state index >= 15 is 0 Å². The van der Waals surface area contributed by atoms with E-state index in [1.165, 1.54) is 12.1 Å². The van der Waals surface area contributed by atoms with Crippen molar-refractivity contribution in [1.82, 2.24) is 0 Å². The number of benzene rings is 1. The molecule has 0 aliphatic heterocycles. The predicted octanol–water partition coefficient (Wildman–Crippen LogP) is 2.48. The monoisotopic (exact) mass is 275 g/mol. The van der Waals surface area contributed by atoms with E-state index < -0.39 is 21.3 Å². The number of ether oxygens (including phenoxy) is 1. The summed E-state index contributed by atoms with van der Waals surface area (Å²) in [4.78, 5) is 0. The molecule has 0 bridgehead atoms. The van der Waals surface area contributed by atoms with Crippen molar-refractivity contribution in [3.05, 3.63) is 24.3 Å². The molecular formula is C7H5ClF3NO3S. The maximum Gasteiger partial charge on any atom is 0.573 e. The molecule has 1 aromatic rings. The Kier molecular flexibility index (Phi) is 3.54. The zero-order chi connectivity index (χ0) is 12.4. The van der Waals surface area contributed by atoms with Crippen LogP contribution in [0, 0.1) is 0 Å². The molecule has 0 amide bonds. The van der Waals surface area contributed by atoms with Crippen molar-refractivity contribution in [3.63, 3.8) is 0 Å². The number of hydrogen-bond acceptors (Lipinski definition) is 3. The maximum absolute atomic E-state index is 11.8. The molecule has 16 heavy (non-hydrogen) atoms. The number of hydrogen-bond donors (Lipinski definition) is 1. The van der Waals surface area contributed by atoms with Gasteiger partial charge in [0.2, 0.25) is 0 Å². The van der Waals surface area contributed by atoms with E-state index in [9.17, 15) is 21.6 Å². The van der Waals surface area contributed by atoms with Crippen LogP contribution in [0.25, 0.3) is 0 Å². The lowest BCUT2D eigenvalue weighted by atomic mass is 10.3. The van der Waals surface area contributed by atoms with E-state index in [2.05, 4.69) is 4.74 Å². The number of anilines is 1. The molecule has 0 radical (unpaired) electrons. The quantitative estimate of drug-likeness (QED) is 0.862.